The molecule has 1 aliphatic heterocycles. The lowest BCUT2D eigenvalue weighted by atomic mass is 9.69. The minimum atomic E-state index is 0.240. The minimum absolute atomic E-state index is 0.240. The lowest BCUT2D eigenvalue weighted by molar-refractivity contribution is -0.149. The van der Waals surface area contributed by atoms with Gasteiger partial charge in [-0.1, -0.05) is 20.3 Å². The fourth-order valence-electron chi connectivity index (χ4n) is 3.69. The maximum Gasteiger partial charge on any atom is 0.0685 e. The number of hydrogen-bond acceptors (Lipinski definition) is 3. The molecule has 1 saturated carbocycles. The molecule has 3 atom stereocenters. The SMILES string of the molecule is CCCC(C)C(NN)C1CCOC2(CCC2)C1. The summed E-state index contributed by atoms with van der Waals surface area (Å²) in [4.78, 5) is 0. The molecule has 0 aromatic heterocycles. The Hall–Kier alpha value is -0.120. The predicted octanol–water partition coefficient (Wildman–Crippen LogP) is 2.60. The number of rotatable bonds is 5. The van der Waals surface area contributed by atoms with E-state index in [0.717, 1.165) is 6.61 Å². The predicted molar refractivity (Wildman–Crippen MR) is 70.4 cm³/mol. The van der Waals surface area contributed by atoms with Crippen molar-refractivity contribution in [1.82, 2.24) is 5.43 Å². The van der Waals surface area contributed by atoms with Gasteiger partial charge in [-0.2, -0.15) is 0 Å². The van der Waals surface area contributed by atoms with E-state index >= 15 is 0 Å². The zero-order valence-corrected chi connectivity index (χ0v) is 11.4. The Labute approximate surface area is 105 Å². The van der Waals surface area contributed by atoms with E-state index in [1.807, 2.05) is 0 Å². The standard InChI is InChI=1S/C14H28N2O/c1-3-5-11(2)13(16-15)12-6-9-17-14(10-12)7-4-8-14/h11-13,16H,3-10,15H2,1-2H3. The Morgan fingerprint density at radius 1 is 1.47 bits per heavy atom. The van der Waals surface area contributed by atoms with Crippen molar-refractivity contribution >= 4 is 0 Å². The van der Waals surface area contributed by atoms with Crippen LogP contribution in [0, 0.1) is 11.8 Å². The first-order valence-corrected chi connectivity index (χ1v) is 7.31. The van der Waals surface area contributed by atoms with E-state index in [-0.39, 0.29) is 5.60 Å². The number of hydrazine groups is 1. The molecule has 2 rings (SSSR count). The number of nitrogens with one attached hydrogen (secondary N) is 1. The first-order chi connectivity index (χ1) is 8.21. The van der Waals surface area contributed by atoms with Gasteiger partial charge in [-0.3, -0.25) is 11.3 Å². The number of hydrogen-bond donors (Lipinski definition) is 2. The van der Waals surface area contributed by atoms with Crippen molar-refractivity contribution in [3.8, 4) is 0 Å². The van der Waals surface area contributed by atoms with Crippen LogP contribution >= 0.6 is 0 Å². The molecule has 100 valence electrons. The second-order valence-electron chi connectivity index (χ2n) is 6.10. The Bertz CT molecular complexity index is 240. The highest BCUT2D eigenvalue weighted by atomic mass is 16.5. The van der Waals surface area contributed by atoms with Crippen molar-refractivity contribution in [2.75, 3.05) is 6.61 Å². The van der Waals surface area contributed by atoms with Gasteiger partial charge in [-0.25, -0.2) is 0 Å². The molecule has 0 aromatic carbocycles. The largest absolute Gasteiger partial charge is 0.375 e. The maximum atomic E-state index is 6.00. The highest BCUT2D eigenvalue weighted by Crippen LogP contribution is 2.45. The molecular formula is C14H28N2O. The fraction of sp³-hybridized carbons (Fsp3) is 1.00. The summed E-state index contributed by atoms with van der Waals surface area (Å²) in [6.45, 7) is 5.51. The second kappa shape index (κ2) is 5.68. The van der Waals surface area contributed by atoms with Crippen molar-refractivity contribution in [2.24, 2.45) is 17.7 Å². The molecule has 2 fully saturated rings. The normalized spacial score (nSPS) is 30.9. The molecule has 0 bridgehead atoms. The average molecular weight is 240 g/mol. The first kappa shape index (κ1) is 13.3. The van der Waals surface area contributed by atoms with E-state index in [4.69, 9.17) is 10.6 Å². The summed E-state index contributed by atoms with van der Waals surface area (Å²) in [7, 11) is 0. The molecule has 1 spiro atoms. The van der Waals surface area contributed by atoms with Crippen LogP contribution in [0.1, 0.15) is 58.8 Å². The summed E-state index contributed by atoms with van der Waals surface area (Å²) in [5.41, 5.74) is 3.33. The Morgan fingerprint density at radius 2 is 2.24 bits per heavy atom. The van der Waals surface area contributed by atoms with Crippen molar-refractivity contribution in [2.45, 2.75) is 70.4 Å². The average Bonchev–Trinajstić information content (AvgIpc) is 2.29. The summed E-state index contributed by atoms with van der Waals surface area (Å²) >= 11 is 0. The van der Waals surface area contributed by atoms with Crippen LogP contribution in [-0.2, 0) is 4.74 Å². The summed E-state index contributed by atoms with van der Waals surface area (Å²) in [6.07, 6.45) is 8.78. The zero-order valence-electron chi connectivity index (χ0n) is 11.4. The van der Waals surface area contributed by atoms with Gasteiger partial charge in [0.05, 0.1) is 5.60 Å². The quantitative estimate of drug-likeness (QED) is 0.573. The van der Waals surface area contributed by atoms with Crippen molar-refractivity contribution in [1.29, 1.82) is 0 Å². The van der Waals surface area contributed by atoms with Crippen LogP contribution in [-0.4, -0.2) is 18.2 Å². The third-order valence-electron chi connectivity index (χ3n) is 4.85. The molecule has 1 saturated heterocycles. The highest BCUT2D eigenvalue weighted by molar-refractivity contribution is 4.97. The van der Waals surface area contributed by atoms with Crippen LogP contribution in [0.25, 0.3) is 0 Å². The summed E-state index contributed by atoms with van der Waals surface area (Å²) < 4.78 is 6.00. The summed E-state index contributed by atoms with van der Waals surface area (Å²) in [6, 6.07) is 0.469. The van der Waals surface area contributed by atoms with Crippen LogP contribution in [0.3, 0.4) is 0 Å². The molecule has 1 aliphatic carbocycles. The summed E-state index contributed by atoms with van der Waals surface area (Å²) in [5.74, 6) is 7.17. The third kappa shape index (κ3) is 2.83. The molecule has 3 heteroatoms. The molecule has 2 aliphatic rings. The summed E-state index contributed by atoms with van der Waals surface area (Å²) in [5, 5.41) is 0. The van der Waals surface area contributed by atoms with E-state index < -0.39 is 0 Å². The lowest BCUT2D eigenvalue weighted by Gasteiger charge is -2.49. The molecule has 0 aromatic rings. The van der Waals surface area contributed by atoms with E-state index in [9.17, 15) is 0 Å². The van der Waals surface area contributed by atoms with Crippen LogP contribution in [0.15, 0.2) is 0 Å². The number of nitrogens with two attached hydrogens (primary N) is 1. The van der Waals surface area contributed by atoms with Crippen LogP contribution in [0.4, 0.5) is 0 Å². The van der Waals surface area contributed by atoms with Gasteiger partial charge in [0.15, 0.2) is 0 Å². The molecule has 3 N–H and O–H groups in total. The topological polar surface area (TPSA) is 47.3 Å². The second-order valence-corrected chi connectivity index (χ2v) is 6.10. The van der Waals surface area contributed by atoms with E-state index in [1.165, 1.54) is 44.9 Å². The monoisotopic (exact) mass is 240 g/mol. The van der Waals surface area contributed by atoms with Crippen molar-refractivity contribution < 1.29 is 4.74 Å². The zero-order chi connectivity index (χ0) is 12.3. The molecular weight excluding hydrogens is 212 g/mol. The van der Waals surface area contributed by atoms with Gasteiger partial charge in [0.25, 0.3) is 0 Å². The minimum Gasteiger partial charge on any atom is -0.375 e. The van der Waals surface area contributed by atoms with Gasteiger partial charge >= 0.3 is 0 Å². The molecule has 3 unspecified atom stereocenters. The Kier molecular flexibility index (Phi) is 4.45. The van der Waals surface area contributed by atoms with E-state index in [1.54, 1.807) is 0 Å². The highest BCUT2D eigenvalue weighted by Gasteiger charge is 2.44. The first-order valence-electron chi connectivity index (χ1n) is 7.31. The molecule has 17 heavy (non-hydrogen) atoms. The van der Waals surface area contributed by atoms with Gasteiger partial charge in [0, 0.05) is 12.6 Å². The van der Waals surface area contributed by atoms with Crippen molar-refractivity contribution in [3.05, 3.63) is 0 Å². The van der Waals surface area contributed by atoms with Gasteiger partial charge < -0.3 is 4.74 Å². The van der Waals surface area contributed by atoms with Gasteiger partial charge in [-0.05, 0) is 50.4 Å². The molecule has 0 radical (unpaired) electrons. The maximum absolute atomic E-state index is 6.00. The van der Waals surface area contributed by atoms with Crippen LogP contribution in [0.5, 0.6) is 0 Å². The van der Waals surface area contributed by atoms with E-state index in [2.05, 4.69) is 19.3 Å². The third-order valence-corrected chi connectivity index (χ3v) is 4.85. The molecule has 0 amide bonds. The smallest absolute Gasteiger partial charge is 0.0685 e. The Morgan fingerprint density at radius 3 is 2.76 bits per heavy atom. The lowest BCUT2D eigenvalue weighted by Crippen LogP contribution is -2.53. The van der Waals surface area contributed by atoms with Crippen LogP contribution < -0.4 is 11.3 Å². The van der Waals surface area contributed by atoms with Crippen molar-refractivity contribution in [3.63, 3.8) is 0 Å². The van der Waals surface area contributed by atoms with Gasteiger partial charge in [0.1, 0.15) is 0 Å². The fourth-order valence-corrected chi connectivity index (χ4v) is 3.69. The van der Waals surface area contributed by atoms with E-state index in [0.29, 0.717) is 17.9 Å². The Balaban J connectivity index is 1.94. The number of ether oxygens (including phenoxy) is 1. The van der Waals surface area contributed by atoms with Gasteiger partial charge in [-0.15, -0.1) is 0 Å². The molecule has 1 heterocycles. The van der Waals surface area contributed by atoms with Crippen LogP contribution in [0.2, 0.25) is 0 Å². The van der Waals surface area contributed by atoms with Gasteiger partial charge in [0.2, 0.25) is 0 Å². The molecule has 3 nitrogen and oxygen atoms in total.